The fourth-order valence-corrected chi connectivity index (χ4v) is 3.57. The van der Waals surface area contributed by atoms with Crippen LogP contribution in [0.15, 0.2) is 0 Å². The highest BCUT2D eigenvalue weighted by atomic mass is 28.3. The summed E-state index contributed by atoms with van der Waals surface area (Å²) in [5.41, 5.74) is 1.39. The molecule has 7 heteroatoms. The molecule has 1 heterocycles. The normalized spacial score (nSPS) is 21.6. The number of aliphatic hydroxyl groups excluding tert-OH is 1. The van der Waals surface area contributed by atoms with Crippen LogP contribution in [0.4, 0.5) is 4.79 Å². The number of aliphatic hydroxyl groups is 1. The maximum absolute atomic E-state index is 12.6. The summed E-state index contributed by atoms with van der Waals surface area (Å²) in [4.78, 5) is 26.6. The number of amides is 1. The Morgan fingerprint density at radius 2 is 1.92 bits per heavy atom. The van der Waals surface area contributed by atoms with Gasteiger partial charge < -0.3 is 14.6 Å². The molecule has 0 aliphatic carbocycles. The molecule has 1 aliphatic rings. The van der Waals surface area contributed by atoms with Gasteiger partial charge in [-0.25, -0.2) is 9.59 Å². The van der Waals surface area contributed by atoms with Crippen LogP contribution in [0.3, 0.4) is 0 Å². The van der Waals surface area contributed by atoms with Crippen molar-refractivity contribution in [2.75, 3.05) is 13.7 Å². The molecule has 1 aliphatic heterocycles. The Kier molecular flexibility index (Phi) is 7.31. The first-order chi connectivity index (χ1) is 11.8. The van der Waals surface area contributed by atoms with Crippen LogP contribution in [0, 0.1) is 11.5 Å². The van der Waals surface area contributed by atoms with Crippen LogP contribution in [-0.4, -0.2) is 61.0 Å². The predicted molar refractivity (Wildman–Crippen MR) is 103 cm³/mol. The Bertz CT molecular complexity index is 581. The second-order valence-electron chi connectivity index (χ2n) is 8.83. The van der Waals surface area contributed by atoms with Crippen molar-refractivity contribution >= 4 is 20.1 Å². The summed E-state index contributed by atoms with van der Waals surface area (Å²) in [6.07, 6.45) is 0.414. The number of carbonyl (C=O) groups is 2. The minimum Gasteiger partial charge on any atom is -0.467 e. The molecule has 148 valence electrons. The van der Waals surface area contributed by atoms with Crippen molar-refractivity contribution < 1.29 is 24.2 Å². The smallest absolute Gasteiger partial charge is 0.411 e. The summed E-state index contributed by atoms with van der Waals surface area (Å²) in [7, 11) is -0.267. The van der Waals surface area contributed by atoms with E-state index in [1.54, 1.807) is 20.8 Å². The SMILES string of the molecule is COC(=O)C1(CCC(O)C#C[Si](C)(C)C)CCCN1C(=O)OC(C)(C)C. The van der Waals surface area contributed by atoms with E-state index in [1.807, 2.05) is 0 Å². The third-order valence-electron chi connectivity index (χ3n) is 4.11. The highest BCUT2D eigenvalue weighted by Gasteiger charge is 2.51. The number of likely N-dealkylation sites (tertiary alicyclic amines) is 1. The summed E-state index contributed by atoms with van der Waals surface area (Å²) in [5.74, 6) is 2.42. The molecule has 0 saturated carbocycles. The first-order valence-electron chi connectivity index (χ1n) is 9.10. The zero-order valence-corrected chi connectivity index (χ0v) is 18.1. The standard InChI is InChI=1S/C19H33NO5Si/c1-18(2,3)25-17(23)20-13-8-11-19(20,16(22)24-4)12-9-15(21)10-14-26(5,6)7/h15,21H,8-9,11-13H2,1-7H3. The number of hydrogen-bond acceptors (Lipinski definition) is 5. The number of rotatable bonds is 4. The van der Waals surface area contributed by atoms with Crippen LogP contribution in [0.25, 0.3) is 0 Å². The monoisotopic (exact) mass is 383 g/mol. The van der Waals surface area contributed by atoms with Crippen LogP contribution < -0.4 is 0 Å². The van der Waals surface area contributed by atoms with E-state index in [2.05, 4.69) is 31.1 Å². The Labute approximate surface area is 158 Å². The van der Waals surface area contributed by atoms with Crippen molar-refractivity contribution in [3.05, 3.63) is 0 Å². The topological polar surface area (TPSA) is 76.1 Å². The van der Waals surface area contributed by atoms with E-state index in [1.165, 1.54) is 12.0 Å². The second kappa shape index (κ2) is 8.44. The zero-order chi connectivity index (χ0) is 20.2. The molecule has 26 heavy (non-hydrogen) atoms. The fourth-order valence-electron chi connectivity index (χ4n) is 2.97. The molecule has 1 amide bonds. The van der Waals surface area contributed by atoms with Crippen LogP contribution in [0.1, 0.15) is 46.5 Å². The van der Waals surface area contributed by atoms with E-state index >= 15 is 0 Å². The van der Waals surface area contributed by atoms with Crippen molar-refractivity contribution in [3.63, 3.8) is 0 Å². The van der Waals surface area contributed by atoms with Gasteiger partial charge in [-0.05, 0) is 46.5 Å². The molecule has 1 rings (SSSR count). The second-order valence-corrected chi connectivity index (χ2v) is 13.6. The number of esters is 1. The van der Waals surface area contributed by atoms with Crippen LogP contribution in [-0.2, 0) is 14.3 Å². The molecule has 0 bridgehead atoms. The van der Waals surface area contributed by atoms with Crippen LogP contribution in [0.2, 0.25) is 19.6 Å². The number of ether oxygens (including phenoxy) is 2. The van der Waals surface area contributed by atoms with E-state index in [0.717, 1.165) is 0 Å². The molecule has 0 aromatic rings. The Hall–Kier alpha value is -1.52. The van der Waals surface area contributed by atoms with Crippen molar-refractivity contribution in [2.24, 2.45) is 0 Å². The minimum absolute atomic E-state index is 0.292. The molecular weight excluding hydrogens is 350 g/mol. The minimum atomic E-state index is -1.58. The fraction of sp³-hybridized carbons (Fsp3) is 0.789. The summed E-state index contributed by atoms with van der Waals surface area (Å²) in [6.45, 7) is 12.1. The maximum Gasteiger partial charge on any atom is 0.411 e. The molecule has 6 nitrogen and oxygen atoms in total. The zero-order valence-electron chi connectivity index (χ0n) is 17.1. The van der Waals surface area contributed by atoms with Gasteiger partial charge in [0.1, 0.15) is 25.3 Å². The molecule has 1 N–H and O–H groups in total. The van der Waals surface area contributed by atoms with Gasteiger partial charge in [0.25, 0.3) is 0 Å². The average molecular weight is 384 g/mol. The molecule has 0 spiro atoms. The summed E-state index contributed by atoms with van der Waals surface area (Å²) >= 11 is 0. The average Bonchev–Trinajstić information content (AvgIpc) is 2.93. The van der Waals surface area contributed by atoms with Gasteiger partial charge in [0, 0.05) is 6.54 Å². The lowest BCUT2D eigenvalue weighted by atomic mass is 9.89. The number of carbonyl (C=O) groups excluding carboxylic acids is 2. The van der Waals surface area contributed by atoms with E-state index in [0.29, 0.717) is 32.2 Å². The molecule has 1 fully saturated rings. The molecular formula is C19H33NO5Si. The highest BCUT2D eigenvalue weighted by molar-refractivity contribution is 6.83. The molecule has 0 aromatic heterocycles. The quantitative estimate of drug-likeness (QED) is 0.459. The van der Waals surface area contributed by atoms with Gasteiger partial charge >= 0.3 is 12.1 Å². The molecule has 2 unspecified atom stereocenters. The molecule has 0 radical (unpaired) electrons. The van der Waals surface area contributed by atoms with Gasteiger partial charge in [-0.3, -0.25) is 4.90 Å². The first kappa shape index (κ1) is 22.5. The van der Waals surface area contributed by atoms with E-state index < -0.39 is 37.4 Å². The summed E-state index contributed by atoms with van der Waals surface area (Å²) in [5, 5.41) is 10.2. The number of hydrogen-bond donors (Lipinski definition) is 1. The van der Waals surface area contributed by atoms with Gasteiger partial charge in [-0.2, -0.15) is 0 Å². The van der Waals surface area contributed by atoms with E-state index in [4.69, 9.17) is 9.47 Å². The van der Waals surface area contributed by atoms with Crippen molar-refractivity contribution in [3.8, 4) is 11.5 Å². The third kappa shape index (κ3) is 6.33. The molecule has 0 aromatic carbocycles. The predicted octanol–water partition coefficient (Wildman–Crippen LogP) is 2.95. The lowest BCUT2D eigenvalue weighted by molar-refractivity contribution is -0.154. The number of nitrogens with zero attached hydrogens (tertiary/aromatic N) is 1. The Morgan fingerprint density at radius 3 is 2.42 bits per heavy atom. The van der Waals surface area contributed by atoms with Crippen molar-refractivity contribution in [1.29, 1.82) is 0 Å². The molecule has 2 atom stereocenters. The third-order valence-corrected chi connectivity index (χ3v) is 5.01. The number of methoxy groups -OCH3 is 1. The lowest BCUT2D eigenvalue weighted by Crippen LogP contribution is -2.55. The lowest BCUT2D eigenvalue weighted by Gasteiger charge is -2.37. The van der Waals surface area contributed by atoms with Gasteiger partial charge in [0.05, 0.1) is 7.11 Å². The van der Waals surface area contributed by atoms with Crippen molar-refractivity contribution in [2.45, 2.75) is 83.3 Å². The van der Waals surface area contributed by atoms with Crippen LogP contribution in [0.5, 0.6) is 0 Å². The van der Waals surface area contributed by atoms with E-state index in [9.17, 15) is 14.7 Å². The largest absolute Gasteiger partial charge is 0.467 e. The first-order valence-corrected chi connectivity index (χ1v) is 12.6. The van der Waals surface area contributed by atoms with Gasteiger partial charge in [0.15, 0.2) is 0 Å². The Balaban J connectivity index is 2.97. The van der Waals surface area contributed by atoms with Gasteiger partial charge in [-0.1, -0.05) is 25.6 Å². The van der Waals surface area contributed by atoms with E-state index in [-0.39, 0.29) is 0 Å². The van der Waals surface area contributed by atoms with Gasteiger partial charge in [-0.15, -0.1) is 5.54 Å². The Morgan fingerprint density at radius 1 is 1.31 bits per heavy atom. The van der Waals surface area contributed by atoms with Gasteiger partial charge in [0.2, 0.25) is 0 Å². The summed E-state index contributed by atoms with van der Waals surface area (Å²) < 4.78 is 10.5. The maximum atomic E-state index is 12.6. The summed E-state index contributed by atoms with van der Waals surface area (Å²) in [6, 6.07) is 0. The van der Waals surface area contributed by atoms with Crippen LogP contribution >= 0.6 is 0 Å². The molecule has 1 saturated heterocycles. The van der Waals surface area contributed by atoms with Crippen molar-refractivity contribution in [1.82, 2.24) is 4.90 Å². The highest BCUT2D eigenvalue weighted by Crippen LogP contribution is 2.36.